The first-order valence-corrected chi connectivity index (χ1v) is 7.60. The van der Waals surface area contributed by atoms with Gasteiger partial charge in [0.2, 0.25) is 0 Å². The Morgan fingerprint density at radius 2 is 1.75 bits per heavy atom. The van der Waals surface area contributed by atoms with Crippen LogP contribution in [0.4, 0.5) is 0 Å². The third-order valence-electron chi connectivity index (χ3n) is 4.08. The monoisotopic (exact) mass is 275 g/mol. The molecule has 0 radical (unpaired) electrons. The molecule has 1 saturated carbocycles. The van der Waals surface area contributed by atoms with Crippen LogP contribution in [0.5, 0.6) is 5.75 Å². The SMILES string of the molecule is CCC(=NO)c1ccc(OC2CC(C)CC(C)C2)cc1. The Hall–Kier alpha value is -1.51. The van der Waals surface area contributed by atoms with Gasteiger partial charge in [0.15, 0.2) is 0 Å². The largest absolute Gasteiger partial charge is 0.490 e. The van der Waals surface area contributed by atoms with E-state index in [0.717, 1.165) is 36.0 Å². The molecular weight excluding hydrogens is 250 g/mol. The van der Waals surface area contributed by atoms with Crippen LogP contribution in [-0.4, -0.2) is 17.0 Å². The molecule has 2 atom stereocenters. The van der Waals surface area contributed by atoms with Gasteiger partial charge in [-0.1, -0.05) is 25.9 Å². The number of oxime groups is 1. The first-order chi connectivity index (χ1) is 9.62. The van der Waals surface area contributed by atoms with Gasteiger partial charge >= 0.3 is 0 Å². The second kappa shape index (κ2) is 6.78. The molecular formula is C17H25NO2. The van der Waals surface area contributed by atoms with Crippen molar-refractivity contribution in [1.29, 1.82) is 0 Å². The van der Waals surface area contributed by atoms with Crippen LogP contribution in [0.1, 0.15) is 52.0 Å². The van der Waals surface area contributed by atoms with Crippen LogP contribution in [0.2, 0.25) is 0 Å². The van der Waals surface area contributed by atoms with Crippen molar-refractivity contribution in [3.63, 3.8) is 0 Å². The van der Waals surface area contributed by atoms with Gasteiger partial charge in [-0.2, -0.15) is 0 Å². The first kappa shape index (κ1) is 14.9. The second-order valence-corrected chi connectivity index (χ2v) is 6.08. The molecule has 2 rings (SSSR count). The van der Waals surface area contributed by atoms with E-state index in [1.54, 1.807) is 0 Å². The lowest BCUT2D eigenvalue weighted by Crippen LogP contribution is -2.28. The summed E-state index contributed by atoms with van der Waals surface area (Å²) in [4.78, 5) is 0. The van der Waals surface area contributed by atoms with Gasteiger partial charge in [-0.05, 0) is 67.3 Å². The second-order valence-electron chi connectivity index (χ2n) is 6.08. The molecule has 1 aromatic carbocycles. The van der Waals surface area contributed by atoms with Crippen LogP contribution in [0.15, 0.2) is 29.4 Å². The van der Waals surface area contributed by atoms with E-state index in [9.17, 15) is 0 Å². The molecule has 1 aliphatic carbocycles. The van der Waals surface area contributed by atoms with Gasteiger partial charge in [-0.15, -0.1) is 0 Å². The summed E-state index contributed by atoms with van der Waals surface area (Å²) in [5.74, 6) is 2.40. The summed E-state index contributed by atoms with van der Waals surface area (Å²) in [6, 6.07) is 7.87. The molecule has 0 aromatic heterocycles. The Balaban J connectivity index is 2.00. The summed E-state index contributed by atoms with van der Waals surface area (Å²) in [7, 11) is 0. The fraction of sp³-hybridized carbons (Fsp3) is 0.588. The number of hydrogen-bond donors (Lipinski definition) is 1. The highest BCUT2D eigenvalue weighted by molar-refractivity contribution is 6.00. The highest BCUT2D eigenvalue weighted by atomic mass is 16.5. The van der Waals surface area contributed by atoms with Crippen molar-refractivity contribution in [2.24, 2.45) is 17.0 Å². The van der Waals surface area contributed by atoms with Crippen LogP contribution in [0.3, 0.4) is 0 Å². The van der Waals surface area contributed by atoms with E-state index in [1.807, 2.05) is 31.2 Å². The molecule has 1 fully saturated rings. The zero-order chi connectivity index (χ0) is 14.5. The molecule has 1 N–H and O–H groups in total. The van der Waals surface area contributed by atoms with Crippen LogP contribution in [-0.2, 0) is 0 Å². The Morgan fingerprint density at radius 3 is 2.25 bits per heavy atom. The van der Waals surface area contributed by atoms with Crippen LogP contribution >= 0.6 is 0 Å². The van der Waals surface area contributed by atoms with Crippen molar-refractivity contribution in [2.45, 2.75) is 52.6 Å². The van der Waals surface area contributed by atoms with Crippen LogP contribution < -0.4 is 4.74 Å². The molecule has 0 saturated heterocycles. The fourth-order valence-electron chi connectivity index (χ4n) is 3.22. The van der Waals surface area contributed by atoms with Crippen molar-refractivity contribution in [2.75, 3.05) is 0 Å². The molecule has 110 valence electrons. The van der Waals surface area contributed by atoms with Gasteiger partial charge in [0.05, 0.1) is 11.8 Å². The number of ether oxygens (including phenoxy) is 1. The molecule has 3 heteroatoms. The van der Waals surface area contributed by atoms with Gasteiger partial charge in [0.1, 0.15) is 5.75 Å². The van der Waals surface area contributed by atoms with E-state index in [4.69, 9.17) is 9.94 Å². The maximum atomic E-state index is 8.92. The zero-order valence-electron chi connectivity index (χ0n) is 12.7. The van der Waals surface area contributed by atoms with Crippen molar-refractivity contribution in [3.05, 3.63) is 29.8 Å². The average molecular weight is 275 g/mol. The predicted molar refractivity (Wildman–Crippen MR) is 81.7 cm³/mol. The maximum Gasteiger partial charge on any atom is 0.119 e. The molecule has 0 heterocycles. The van der Waals surface area contributed by atoms with Gasteiger partial charge in [-0.25, -0.2) is 0 Å². The molecule has 0 aliphatic heterocycles. The summed E-state index contributed by atoms with van der Waals surface area (Å²) in [6.45, 7) is 6.59. The minimum atomic E-state index is 0.330. The van der Waals surface area contributed by atoms with E-state index in [0.29, 0.717) is 18.2 Å². The average Bonchev–Trinajstić information content (AvgIpc) is 2.41. The third-order valence-corrected chi connectivity index (χ3v) is 4.08. The summed E-state index contributed by atoms with van der Waals surface area (Å²) in [5, 5.41) is 12.2. The van der Waals surface area contributed by atoms with Crippen molar-refractivity contribution in [3.8, 4) is 5.75 Å². The Morgan fingerprint density at radius 1 is 1.15 bits per heavy atom. The summed E-state index contributed by atoms with van der Waals surface area (Å²) < 4.78 is 6.10. The number of hydrogen-bond acceptors (Lipinski definition) is 3. The molecule has 3 nitrogen and oxygen atoms in total. The van der Waals surface area contributed by atoms with E-state index in [1.165, 1.54) is 6.42 Å². The lowest BCUT2D eigenvalue weighted by atomic mass is 9.82. The lowest BCUT2D eigenvalue weighted by molar-refractivity contribution is 0.101. The fourth-order valence-corrected chi connectivity index (χ4v) is 3.22. The maximum absolute atomic E-state index is 8.92. The number of nitrogens with zero attached hydrogens (tertiary/aromatic N) is 1. The highest BCUT2D eigenvalue weighted by Crippen LogP contribution is 2.31. The topological polar surface area (TPSA) is 41.8 Å². The molecule has 0 spiro atoms. The van der Waals surface area contributed by atoms with Crippen LogP contribution in [0.25, 0.3) is 0 Å². The smallest absolute Gasteiger partial charge is 0.119 e. The van der Waals surface area contributed by atoms with Crippen LogP contribution in [0, 0.1) is 11.8 Å². The predicted octanol–water partition coefficient (Wildman–Crippen LogP) is 4.48. The Kier molecular flexibility index (Phi) is 5.05. The molecule has 1 aromatic rings. The van der Waals surface area contributed by atoms with Gasteiger partial charge in [0, 0.05) is 0 Å². The third kappa shape index (κ3) is 3.75. The van der Waals surface area contributed by atoms with E-state index >= 15 is 0 Å². The van der Waals surface area contributed by atoms with E-state index < -0.39 is 0 Å². The van der Waals surface area contributed by atoms with Crippen molar-refractivity contribution >= 4 is 5.71 Å². The quantitative estimate of drug-likeness (QED) is 0.500. The number of benzene rings is 1. The molecule has 2 unspecified atom stereocenters. The minimum absolute atomic E-state index is 0.330. The normalized spacial score (nSPS) is 27.4. The molecule has 0 bridgehead atoms. The van der Waals surface area contributed by atoms with Gasteiger partial charge < -0.3 is 9.94 Å². The highest BCUT2D eigenvalue weighted by Gasteiger charge is 2.25. The van der Waals surface area contributed by atoms with Gasteiger partial charge in [-0.3, -0.25) is 0 Å². The van der Waals surface area contributed by atoms with E-state index in [2.05, 4.69) is 19.0 Å². The Labute approximate surface area is 121 Å². The Bertz CT molecular complexity index is 443. The van der Waals surface area contributed by atoms with Crippen molar-refractivity contribution in [1.82, 2.24) is 0 Å². The lowest BCUT2D eigenvalue weighted by Gasteiger charge is -2.31. The molecule has 0 amide bonds. The zero-order valence-corrected chi connectivity index (χ0v) is 12.7. The molecule has 20 heavy (non-hydrogen) atoms. The first-order valence-electron chi connectivity index (χ1n) is 7.60. The van der Waals surface area contributed by atoms with E-state index in [-0.39, 0.29) is 0 Å². The summed E-state index contributed by atoms with van der Waals surface area (Å²) in [5.41, 5.74) is 1.66. The summed E-state index contributed by atoms with van der Waals surface area (Å²) >= 11 is 0. The molecule has 1 aliphatic rings. The number of rotatable bonds is 4. The van der Waals surface area contributed by atoms with Gasteiger partial charge in [0.25, 0.3) is 0 Å². The minimum Gasteiger partial charge on any atom is -0.490 e. The standard InChI is InChI=1S/C17H25NO2/c1-4-17(18-19)14-5-7-15(8-6-14)20-16-10-12(2)9-13(3)11-16/h5-8,12-13,16,19H,4,9-11H2,1-3H3. The summed E-state index contributed by atoms with van der Waals surface area (Å²) in [6.07, 6.45) is 4.64. The van der Waals surface area contributed by atoms with Crippen molar-refractivity contribution < 1.29 is 9.94 Å².